The van der Waals surface area contributed by atoms with Crippen molar-refractivity contribution in [3.05, 3.63) is 71.8 Å². The molecule has 0 atom stereocenters. The molecule has 126 valence electrons. The lowest BCUT2D eigenvalue weighted by Crippen LogP contribution is -2.28. The summed E-state index contributed by atoms with van der Waals surface area (Å²) in [5.74, 6) is -0.632. The molecule has 0 aliphatic heterocycles. The van der Waals surface area contributed by atoms with Crippen molar-refractivity contribution in [3.63, 3.8) is 0 Å². The maximum absolute atomic E-state index is 11.5. The van der Waals surface area contributed by atoms with Gasteiger partial charge in [0, 0.05) is 19.6 Å². The molecule has 2 aromatic rings. The SMILES string of the molecule is CC(=O)CC(=O)OCCN(Cc1ccccc1)Cc1ccccc1. The second kappa shape index (κ2) is 9.63. The number of ether oxygens (including phenoxy) is 1. The van der Waals surface area contributed by atoms with Crippen LogP contribution >= 0.6 is 0 Å². The molecule has 0 saturated carbocycles. The van der Waals surface area contributed by atoms with Crippen LogP contribution in [0, 0.1) is 0 Å². The number of ketones is 1. The van der Waals surface area contributed by atoms with E-state index >= 15 is 0 Å². The first-order chi connectivity index (χ1) is 11.6. The van der Waals surface area contributed by atoms with E-state index in [1.807, 2.05) is 36.4 Å². The summed E-state index contributed by atoms with van der Waals surface area (Å²) in [7, 11) is 0. The average Bonchev–Trinajstić information content (AvgIpc) is 2.56. The molecule has 4 nitrogen and oxygen atoms in total. The molecule has 0 spiro atoms. The molecule has 4 heteroatoms. The van der Waals surface area contributed by atoms with Crippen LogP contribution in [0.3, 0.4) is 0 Å². The number of nitrogens with zero attached hydrogens (tertiary/aromatic N) is 1. The van der Waals surface area contributed by atoms with Gasteiger partial charge >= 0.3 is 5.97 Å². The molecule has 0 unspecified atom stereocenters. The smallest absolute Gasteiger partial charge is 0.313 e. The zero-order valence-corrected chi connectivity index (χ0v) is 14.0. The molecule has 2 rings (SSSR count). The van der Waals surface area contributed by atoms with Crippen LogP contribution in [0.25, 0.3) is 0 Å². The quantitative estimate of drug-likeness (QED) is 0.525. The van der Waals surface area contributed by atoms with Crippen molar-refractivity contribution < 1.29 is 14.3 Å². The van der Waals surface area contributed by atoms with Crippen LogP contribution in [-0.2, 0) is 27.4 Å². The van der Waals surface area contributed by atoms with E-state index in [4.69, 9.17) is 4.74 Å². The van der Waals surface area contributed by atoms with Crippen LogP contribution in [0.2, 0.25) is 0 Å². The Morgan fingerprint density at radius 2 is 1.38 bits per heavy atom. The van der Waals surface area contributed by atoms with Gasteiger partial charge in [0.05, 0.1) is 0 Å². The number of carbonyl (C=O) groups is 2. The molecule has 0 N–H and O–H groups in total. The summed E-state index contributed by atoms with van der Waals surface area (Å²) in [6.07, 6.45) is -0.155. The predicted octanol–water partition coefficient (Wildman–Crippen LogP) is 3.21. The molecule has 0 amide bonds. The minimum absolute atomic E-state index is 0.155. The number of Topliss-reactive ketones (excluding diaryl/α,β-unsaturated/α-hetero) is 1. The zero-order valence-electron chi connectivity index (χ0n) is 14.0. The van der Waals surface area contributed by atoms with E-state index in [0.29, 0.717) is 6.54 Å². The molecule has 0 aliphatic carbocycles. The maximum atomic E-state index is 11.5. The van der Waals surface area contributed by atoms with Crippen molar-refractivity contribution >= 4 is 11.8 Å². The number of rotatable bonds is 9. The molecule has 0 saturated heterocycles. The summed E-state index contributed by atoms with van der Waals surface area (Å²) in [4.78, 5) is 24.6. The molecule has 0 fully saturated rings. The lowest BCUT2D eigenvalue weighted by molar-refractivity contribution is -0.146. The van der Waals surface area contributed by atoms with Crippen molar-refractivity contribution in [2.45, 2.75) is 26.4 Å². The third-order valence-corrected chi connectivity index (χ3v) is 3.56. The Balaban J connectivity index is 1.92. The van der Waals surface area contributed by atoms with Gasteiger partial charge < -0.3 is 4.74 Å². The fourth-order valence-corrected chi connectivity index (χ4v) is 2.44. The average molecular weight is 325 g/mol. The molecule has 0 aliphatic rings. The van der Waals surface area contributed by atoms with E-state index in [9.17, 15) is 9.59 Å². The molecule has 0 aromatic heterocycles. The van der Waals surface area contributed by atoms with Gasteiger partial charge in [-0.2, -0.15) is 0 Å². The Kier molecular flexibility index (Phi) is 7.18. The second-order valence-electron chi connectivity index (χ2n) is 5.78. The van der Waals surface area contributed by atoms with Crippen LogP contribution in [0.15, 0.2) is 60.7 Å². The van der Waals surface area contributed by atoms with E-state index < -0.39 is 5.97 Å². The van der Waals surface area contributed by atoms with Gasteiger partial charge in [-0.25, -0.2) is 0 Å². The largest absolute Gasteiger partial charge is 0.464 e. The Morgan fingerprint density at radius 1 is 0.875 bits per heavy atom. The summed E-state index contributed by atoms with van der Waals surface area (Å²) in [5.41, 5.74) is 2.42. The first kappa shape index (κ1) is 17.9. The van der Waals surface area contributed by atoms with Crippen LogP contribution in [0.1, 0.15) is 24.5 Å². The van der Waals surface area contributed by atoms with Gasteiger partial charge in [0.15, 0.2) is 0 Å². The minimum Gasteiger partial charge on any atom is -0.464 e. The fourth-order valence-electron chi connectivity index (χ4n) is 2.44. The Hall–Kier alpha value is -2.46. The van der Waals surface area contributed by atoms with Crippen LogP contribution in [0.5, 0.6) is 0 Å². The summed E-state index contributed by atoms with van der Waals surface area (Å²) in [5, 5.41) is 0. The molecule has 0 bridgehead atoms. The second-order valence-corrected chi connectivity index (χ2v) is 5.78. The van der Waals surface area contributed by atoms with E-state index in [2.05, 4.69) is 29.2 Å². The lowest BCUT2D eigenvalue weighted by Gasteiger charge is -2.22. The summed E-state index contributed by atoms with van der Waals surface area (Å²) >= 11 is 0. The van der Waals surface area contributed by atoms with Gasteiger partial charge in [-0.05, 0) is 18.1 Å². The summed E-state index contributed by atoms with van der Waals surface area (Å²) < 4.78 is 5.16. The summed E-state index contributed by atoms with van der Waals surface area (Å²) in [6, 6.07) is 20.4. The topological polar surface area (TPSA) is 46.6 Å². The minimum atomic E-state index is -0.457. The lowest BCUT2D eigenvalue weighted by atomic mass is 10.1. The normalized spacial score (nSPS) is 10.6. The zero-order chi connectivity index (χ0) is 17.2. The highest BCUT2D eigenvalue weighted by atomic mass is 16.5. The van der Waals surface area contributed by atoms with Gasteiger partial charge in [0.25, 0.3) is 0 Å². The Bertz CT molecular complexity index is 599. The van der Waals surface area contributed by atoms with Crippen molar-refractivity contribution in [1.29, 1.82) is 0 Å². The van der Waals surface area contributed by atoms with Crippen molar-refractivity contribution in [2.75, 3.05) is 13.2 Å². The Labute approximate surface area is 143 Å². The van der Waals surface area contributed by atoms with E-state index in [1.165, 1.54) is 18.1 Å². The van der Waals surface area contributed by atoms with Crippen LogP contribution in [-0.4, -0.2) is 29.8 Å². The highest BCUT2D eigenvalue weighted by molar-refractivity contribution is 5.94. The number of hydrogen-bond donors (Lipinski definition) is 0. The van der Waals surface area contributed by atoms with Gasteiger partial charge in [0.1, 0.15) is 18.8 Å². The fraction of sp³-hybridized carbons (Fsp3) is 0.300. The van der Waals surface area contributed by atoms with Crippen molar-refractivity contribution in [2.24, 2.45) is 0 Å². The first-order valence-electron chi connectivity index (χ1n) is 8.09. The number of hydrogen-bond acceptors (Lipinski definition) is 4. The standard InChI is InChI=1S/C20H23NO3/c1-17(22)14-20(23)24-13-12-21(15-18-8-4-2-5-9-18)16-19-10-6-3-7-11-19/h2-11H,12-16H2,1H3. The molecular weight excluding hydrogens is 302 g/mol. The molecule has 2 aromatic carbocycles. The number of esters is 1. The van der Waals surface area contributed by atoms with Crippen molar-refractivity contribution in [1.82, 2.24) is 4.90 Å². The summed E-state index contributed by atoms with van der Waals surface area (Å²) in [6.45, 7) is 3.84. The van der Waals surface area contributed by atoms with Gasteiger partial charge in [0.2, 0.25) is 0 Å². The highest BCUT2D eigenvalue weighted by Crippen LogP contribution is 2.10. The third-order valence-electron chi connectivity index (χ3n) is 3.56. The highest BCUT2D eigenvalue weighted by Gasteiger charge is 2.10. The number of carbonyl (C=O) groups excluding carboxylic acids is 2. The van der Waals surface area contributed by atoms with Crippen LogP contribution < -0.4 is 0 Å². The van der Waals surface area contributed by atoms with E-state index in [0.717, 1.165) is 13.1 Å². The monoisotopic (exact) mass is 325 g/mol. The number of benzene rings is 2. The van der Waals surface area contributed by atoms with Gasteiger partial charge in [-0.15, -0.1) is 0 Å². The van der Waals surface area contributed by atoms with Crippen molar-refractivity contribution in [3.8, 4) is 0 Å². The van der Waals surface area contributed by atoms with Crippen LogP contribution in [0.4, 0.5) is 0 Å². The van der Waals surface area contributed by atoms with E-state index in [-0.39, 0.29) is 18.8 Å². The molecule has 0 radical (unpaired) electrons. The molecular formula is C20H23NO3. The first-order valence-corrected chi connectivity index (χ1v) is 8.09. The molecule has 24 heavy (non-hydrogen) atoms. The third kappa shape index (κ3) is 6.75. The Morgan fingerprint density at radius 3 is 1.83 bits per heavy atom. The predicted molar refractivity (Wildman–Crippen MR) is 93.3 cm³/mol. The van der Waals surface area contributed by atoms with E-state index in [1.54, 1.807) is 0 Å². The maximum Gasteiger partial charge on any atom is 0.313 e. The van der Waals surface area contributed by atoms with Gasteiger partial charge in [-0.1, -0.05) is 60.7 Å². The van der Waals surface area contributed by atoms with Gasteiger partial charge in [-0.3, -0.25) is 14.5 Å². The molecule has 0 heterocycles.